The van der Waals surface area contributed by atoms with Crippen LogP contribution in [-0.4, -0.2) is 23.7 Å². The normalized spacial score (nSPS) is 25.8. The van der Waals surface area contributed by atoms with Crippen LogP contribution < -0.4 is 5.32 Å². The Hall–Kier alpha value is -0.570. The van der Waals surface area contributed by atoms with E-state index in [-0.39, 0.29) is 35.8 Å². The molecule has 1 amide bonds. The highest BCUT2D eigenvalue weighted by atomic mass is 16.3. The molecule has 1 unspecified atom stereocenters. The van der Waals surface area contributed by atoms with Crippen LogP contribution >= 0.6 is 0 Å². The number of rotatable bonds is 4. The summed E-state index contributed by atoms with van der Waals surface area (Å²) in [6.45, 7) is 8.37. The van der Waals surface area contributed by atoms with Crippen molar-refractivity contribution in [3.8, 4) is 0 Å². The topological polar surface area (TPSA) is 49.3 Å². The van der Waals surface area contributed by atoms with Crippen molar-refractivity contribution in [2.24, 2.45) is 17.3 Å². The van der Waals surface area contributed by atoms with Gasteiger partial charge in [0.2, 0.25) is 5.91 Å². The van der Waals surface area contributed by atoms with Gasteiger partial charge in [0, 0.05) is 5.92 Å². The molecule has 94 valence electrons. The highest BCUT2D eigenvalue weighted by Gasteiger charge is 2.39. The van der Waals surface area contributed by atoms with Gasteiger partial charge >= 0.3 is 0 Å². The van der Waals surface area contributed by atoms with E-state index < -0.39 is 0 Å². The Balaban J connectivity index is 2.58. The molecule has 1 aliphatic carbocycles. The van der Waals surface area contributed by atoms with Crippen molar-refractivity contribution in [2.45, 2.75) is 53.0 Å². The van der Waals surface area contributed by atoms with Gasteiger partial charge < -0.3 is 10.4 Å². The number of carbonyl (C=O) groups is 1. The molecule has 1 aliphatic rings. The molecule has 1 fully saturated rings. The van der Waals surface area contributed by atoms with Gasteiger partial charge in [-0.05, 0) is 24.2 Å². The second kappa shape index (κ2) is 5.17. The zero-order valence-corrected chi connectivity index (χ0v) is 10.9. The summed E-state index contributed by atoms with van der Waals surface area (Å²) in [7, 11) is 0. The van der Waals surface area contributed by atoms with E-state index in [1.165, 1.54) is 0 Å². The molecule has 0 heterocycles. The van der Waals surface area contributed by atoms with Gasteiger partial charge in [-0.25, -0.2) is 0 Å². The predicted molar refractivity (Wildman–Crippen MR) is 65.0 cm³/mol. The number of aliphatic hydroxyl groups is 1. The number of nitrogens with one attached hydrogen (secondary N) is 1. The third kappa shape index (κ3) is 2.97. The molecule has 3 nitrogen and oxygen atoms in total. The number of hydrogen-bond donors (Lipinski definition) is 2. The Bertz CT molecular complexity index is 248. The third-order valence-electron chi connectivity index (χ3n) is 3.90. The van der Waals surface area contributed by atoms with Crippen molar-refractivity contribution in [3.05, 3.63) is 0 Å². The standard InChI is InChI=1S/C13H25NO2/c1-9(2)11(8-15)14-12(16)10-6-5-7-13(10,3)4/h9-11,15H,5-8H2,1-4H3,(H,14,16)/t10?,11-/m1/s1. The molecule has 0 spiro atoms. The number of hydrogen-bond acceptors (Lipinski definition) is 2. The number of carbonyl (C=O) groups excluding carboxylic acids is 1. The maximum Gasteiger partial charge on any atom is 0.223 e. The van der Waals surface area contributed by atoms with E-state index in [2.05, 4.69) is 19.2 Å². The van der Waals surface area contributed by atoms with Gasteiger partial charge in [-0.1, -0.05) is 34.1 Å². The molecule has 0 saturated heterocycles. The molecule has 0 aromatic rings. The maximum absolute atomic E-state index is 12.1. The maximum atomic E-state index is 12.1. The van der Waals surface area contributed by atoms with Crippen molar-refractivity contribution < 1.29 is 9.90 Å². The minimum Gasteiger partial charge on any atom is -0.394 e. The van der Waals surface area contributed by atoms with Gasteiger partial charge in [0.1, 0.15) is 0 Å². The minimum absolute atomic E-state index is 0.0244. The Morgan fingerprint density at radius 3 is 2.50 bits per heavy atom. The van der Waals surface area contributed by atoms with Crippen molar-refractivity contribution in [3.63, 3.8) is 0 Å². The molecule has 1 rings (SSSR count). The van der Waals surface area contributed by atoms with E-state index in [1.807, 2.05) is 13.8 Å². The van der Waals surface area contributed by atoms with Crippen LogP contribution in [0.4, 0.5) is 0 Å². The molecule has 0 bridgehead atoms. The van der Waals surface area contributed by atoms with E-state index in [1.54, 1.807) is 0 Å². The SMILES string of the molecule is CC(C)[C@@H](CO)NC(=O)C1CCCC1(C)C. The molecule has 3 heteroatoms. The van der Waals surface area contributed by atoms with Gasteiger partial charge in [-0.3, -0.25) is 4.79 Å². The van der Waals surface area contributed by atoms with Gasteiger partial charge in [-0.15, -0.1) is 0 Å². The lowest BCUT2D eigenvalue weighted by Gasteiger charge is -2.29. The number of aliphatic hydroxyl groups excluding tert-OH is 1. The van der Waals surface area contributed by atoms with E-state index >= 15 is 0 Å². The first kappa shape index (κ1) is 13.5. The smallest absolute Gasteiger partial charge is 0.223 e. The molecule has 2 atom stereocenters. The molecule has 0 aromatic heterocycles. The van der Waals surface area contributed by atoms with Crippen LogP contribution in [0.5, 0.6) is 0 Å². The van der Waals surface area contributed by atoms with E-state index in [9.17, 15) is 9.90 Å². The molecule has 0 aliphatic heterocycles. The molecule has 2 N–H and O–H groups in total. The van der Waals surface area contributed by atoms with Gasteiger partial charge in [0.15, 0.2) is 0 Å². The second-order valence-corrected chi connectivity index (χ2v) is 5.98. The fourth-order valence-corrected chi connectivity index (χ4v) is 2.52. The largest absolute Gasteiger partial charge is 0.394 e. The lowest BCUT2D eigenvalue weighted by molar-refractivity contribution is -0.129. The molecular weight excluding hydrogens is 202 g/mol. The third-order valence-corrected chi connectivity index (χ3v) is 3.90. The second-order valence-electron chi connectivity index (χ2n) is 5.98. The van der Waals surface area contributed by atoms with Crippen LogP contribution in [0.2, 0.25) is 0 Å². The average Bonchev–Trinajstić information content (AvgIpc) is 2.53. The average molecular weight is 227 g/mol. The summed E-state index contributed by atoms with van der Waals surface area (Å²) in [5.74, 6) is 0.508. The lowest BCUT2D eigenvalue weighted by Crippen LogP contribution is -2.46. The zero-order chi connectivity index (χ0) is 12.3. The van der Waals surface area contributed by atoms with Gasteiger partial charge in [0.25, 0.3) is 0 Å². The first-order valence-electron chi connectivity index (χ1n) is 6.29. The van der Waals surface area contributed by atoms with Crippen LogP contribution in [0.15, 0.2) is 0 Å². The summed E-state index contributed by atoms with van der Waals surface area (Å²) in [6, 6.07) is -0.108. The highest BCUT2D eigenvalue weighted by Crippen LogP contribution is 2.42. The van der Waals surface area contributed by atoms with Crippen molar-refractivity contribution in [1.82, 2.24) is 5.32 Å². The molecule has 16 heavy (non-hydrogen) atoms. The van der Waals surface area contributed by atoms with Crippen LogP contribution in [0.25, 0.3) is 0 Å². The summed E-state index contributed by atoms with van der Waals surface area (Å²) in [6.07, 6.45) is 3.24. The Labute approximate surface area is 98.6 Å². The van der Waals surface area contributed by atoms with Crippen LogP contribution in [0.3, 0.4) is 0 Å². The first-order valence-corrected chi connectivity index (χ1v) is 6.29. The lowest BCUT2D eigenvalue weighted by atomic mass is 9.81. The summed E-state index contributed by atoms with van der Waals surface area (Å²) in [5, 5.41) is 12.2. The zero-order valence-electron chi connectivity index (χ0n) is 10.9. The quantitative estimate of drug-likeness (QED) is 0.771. The molecule has 0 radical (unpaired) electrons. The first-order chi connectivity index (χ1) is 7.38. The van der Waals surface area contributed by atoms with Crippen molar-refractivity contribution in [2.75, 3.05) is 6.61 Å². The Kier molecular flexibility index (Phi) is 4.36. The van der Waals surface area contributed by atoms with Crippen LogP contribution in [0, 0.1) is 17.3 Å². The highest BCUT2D eigenvalue weighted by molar-refractivity contribution is 5.80. The molecular formula is C13H25NO2. The number of amides is 1. The molecule has 0 aromatic carbocycles. The monoisotopic (exact) mass is 227 g/mol. The van der Waals surface area contributed by atoms with Gasteiger partial charge in [0.05, 0.1) is 12.6 Å². The summed E-state index contributed by atoms with van der Waals surface area (Å²) in [5.41, 5.74) is 0.112. The van der Waals surface area contributed by atoms with E-state index in [0.29, 0.717) is 0 Å². The fourth-order valence-electron chi connectivity index (χ4n) is 2.52. The summed E-state index contributed by atoms with van der Waals surface area (Å²) in [4.78, 5) is 12.1. The van der Waals surface area contributed by atoms with Crippen LogP contribution in [-0.2, 0) is 4.79 Å². The predicted octanol–water partition coefficient (Wildman–Crippen LogP) is 1.95. The van der Waals surface area contributed by atoms with E-state index in [4.69, 9.17) is 0 Å². The van der Waals surface area contributed by atoms with Crippen molar-refractivity contribution >= 4 is 5.91 Å². The van der Waals surface area contributed by atoms with E-state index in [0.717, 1.165) is 19.3 Å². The molecule has 1 saturated carbocycles. The minimum atomic E-state index is -0.108. The summed E-state index contributed by atoms with van der Waals surface area (Å²) < 4.78 is 0. The summed E-state index contributed by atoms with van der Waals surface area (Å²) >= 11 is 0. The Morgan fingerprint density at radius 1 is 1.50 bits per heavy atom. The van der Waals surface area contributed by atoms with Gasteiger partial charge in [-0.2, -0.15) is 0 Å². The fraction of sp³-hybridized carbons (Fsp3) is 0.923. The Morgan fingerprint density at radius 2 is 2.12 bits per heavy atom. The van der Waals surface area contributed by atoms with Crippen LogP contribution in [0.1, 0.15) is 47.0 Å². The van der Waals surface area contributed by atoms with Crippen molar-refractivity contribution in [1.29, 1.82) is 0 Å².